The van der Waals surface area contributed by atoms with Crippen LogP contribution in [-0.4, -0.2) is 6.18 Å². The number of halogens is 5. The molecule has 0 amide bonds. The van der Waals surface area contributed by atoms with E-state index < -0.39 is 28.6 Å². The number of rotatable bonds is 1. The second kappa shape index (κ2) is 3.39. The predicted octanol–water partition coefficient (Wildman–Crippen LogP) is 2.03. The van der Waals surface area contributed by atoms with Gasteiger partial charge in [0.15, 0.2) is 12.0 Å². The largest absolute Gasteiger partial charge is 0.618 e. The van der Waals surface area contributed by atoms with Crippen LogP contribution in [0.25, 0.3) is 0 Å². The standard InChI is InChI=1S/C7H4F5NO/c8-4-2-1-3-13(14)5(4)6(9)7(10,11)12/h1-3,6H. The maximum Gasteiger partial charge on any atom is 0.430 e. The summed E-state index contributed by atoms with van der Waals surface area (Å²) in [6.07, 6.45) is -8.30. The normalized spacial score (nSPS) is 14.1. The van der Waals surface area contributed by atoms with Crippen molar-refractivity contribution < 1.29 is 26.7 Å². The van der Waals surface area contributed by atoms with Crippen LogP contribution < -0.4 is 4.73 Å². The Bertz CT molecular complexity index is 317. The van der Waals surface area contributed by atoms with E-state index >= 15 is 0 Å². The van der Waals surface area contributed by atoms with Gasteiger partial charge >= 0.3 is 6.18 Å². The van der Waals surface area contributed by atoms with E-state index in [2.05, 4.69) is 0 Å². The molecular formula is C7H4F5NO. The molecule has 1 atom stereocenters. The average molecular weight is 213 g/mol. The van der Waals surface area contributed by atoms with Gasteiger partial charge in [-0.2, -0.15) is 22.3 Å². The molecule has 1 aromatic rings. The van der Waals surface area contributed by atoms with Crippen LogP contribution in [0.5, 0.6) is 0 Å². The molecule has 0 aliphatic heterocycles. The molecule has 0 aromatic carbocycles. The molecule has 0 fully saturated rings. The average Bonchev–Trinajstić information content (AvgIpc) is 2.01. The summed E-state index contributed by atoms with van der Waals surface area (Å²) in [4.78, 5) is 0. The van der Waals surface area contributed by atoms with Crippen molar-refractivity contribution in [3.63, 3.8) is 0 Å². The van der Waals surface area contributed by atoms with Crippen LogP contribution in [0, 0.1) is 11.0 Å². The Kier molecular flexibility index (Phi) is 2.59. The maximum atomic E-state index is 12.7. The third-order valence-electron chi connectivity index (χ3n) is 1.47. The number of hydrogen-bond donors (Lipinski definition) is 0. The van der Waals surface area contributed by atoms with E-state index in [1.54, 1.807) is 0 Å². The lowest BCUT2D eigenvalue weighted by Crippen LogP contribution is -2.37. The Labute approximate surface area is 75.2 Å². The topological polar surface area (TPSA) is 26.9 Å². The van der Waals surface area contributed by atoms with Gasteiger partial charge in [0.2, 0.25) is 0 Å². The minimum atomic E-state index is -5.28. The Balaban J connectivity index is 3.19. The summed E-state index contributed by atoms with van der Waals surface area (Å²) in [6, 6.07) is 1.47. The molecular weight excluding hydrogens is 209 g/mol. The highest BCUT2D eigenvalue weighted by atomic mass is 19.4. The first kappa shape index (κ1) is 10.7. The van der Waals surface area contributed by atoms with Crippen LogP contribution in [0.4, 0.5) is 22.0 Å². The quantitative estimate of drug-likeness (QED) is 0.398. The monoisotopic (exact) mass is 213 g/mol. The molecule has 0 aliphatic rings. The van der Waals surface area contributed by atoms with Crippen molar-refractivity contribution in [1.82, 2.24) is 0 Å². The van der Waals surface area contributed by atoms with Crippen LogP contribution in [-0.2, 0) is 0 Å². The molecule has 0 saturated heterocycles. The van der Waals surface area contributed by atoms with Crippen LogP contribution in [0.3, 0.4) is 0 Å². The predicted molar refractivity (Wildman–Crippen MR) is 35.3 cm³/mol. The maximum absolute atomic E-state index is 12.7. The van der Waals surface area contributed by atoms with Gasteiger partial charge in [-0.25, -0.2) is 4.39 Å². The summed E-state index contributed by atoms with van der Waals surface area (Å²) in [6.45, 7) is 0. The Hall–Kier alpha value is -1.40. The van der Waals surface area contributed by atoms with Gasteiger partial charge in [0.1, 0.15) is 0 Å². The van der Waals surface area contributed by atoms with E-state index in [4.69, 9.17) is 0 Å². The van der Waals surface area contributed by atoms with Gasteiger partial charge in [0.05, 0.1) is 0 Å². The highest BCUT2D eigenvalue weighted by molar-refractivity contribution is 5.06. The van der Waals surface area contributed by atoms with Crippen molar-refractivity contribution >= 4 is 0 Å². The van der Waals surface area contributed by atoms with Gasteiger partial charge in [-0.05, 0) is 6.07 Å². The summed E-state index contributed by atoms with van der Waals surface area (Å²) in [5, 5.41) is 10.7. The van der Waals surface area contributed by atoms with E-state index in [-0.39, 0.29) is 0 Å². The minimum absolute atomic E-state index is 0.479. The van der Waals surface area contributed by atoms with Crippen LogP contribution in [0.15, 0.2) is 18.3 Å². The summed E-state index contributed by atoms with van der Waals surface area (Å²) in [5.41, 5.74) is -1.57. The molecule has 14 heavy (non-hydrogen) atoms. The zero-order chi connectivity index (χ0) is 10.9. The molecule has 0 saturated carbocycles. The Morgan fingerprint density at radius 2 is 1.93 bits per heavy atom. The molecule has 1 heterocycles. The lowest BCUT2D eigenvalue weighted by molar-refractivity contribution is -0.622. The molecule has 2 nitrogen and oxygen atoms in total. The highest BCUT2D eigenvalue weighted by Crippen LogP contribution is 2.35. The van der Waals surface area contributed by atoms with Crippen molar-refractivity contribution in [2.45, 2.75) is 12.3 Å². The van der Waals surface area contributed by atoms with Gasteiger partial charge in [0.25, 0.3) is 11.9 Å². The number of hydrogen-bond acceptors (Lipinski definition) is 1. The SMILES string of the molecule is [O-][n+]1cccc(F)c1C(F)C(F)(F)F. The molecule has 78 valence electrons. The molecule has 0 radical (unpaired) electrons. The van der Waals surface area contributed by atoms with E-state index in [1.165, 1.54) is 0 Å². The van der Waals surface area contributed by atoms with Crippen LogP contribution in [0.2, 0.25) is 0 Å². The zero-order valence-corrected chi connectivity index (χ0v) is 6.55. The molecule has 0 N–H and O–H groups in total. The second-order valence-electron chi connectivity index (χ2n) is 2.47. The van der Waals surface area contributed by atoms with Crippen LogP contribution >= 0.6 is 0 Å². The molecule has 0 aliphatic carbocycles. The van der Waals surface area contributed by atoms with Crippen molar-refractivity contribution in [2.75, 3.05) is 0 Å². The van der Waals surface area contributed by atoms with Crippen molar-refractivity contribution in [1.29, 1.82) is 0 Å². The lowest BCUT2D eigenvalue weighted by Gasteiger charge is -2.12. The summed E-state index contributed by atoms with van der Waals surface area (Å²) >= 11 is 0. The number of alkyl halides is 4. The molecule has 0 bridgehead atoms. The van der Waals surface area contributed by atoms with E-state index in [1.807, 2.05) is 0 Å². The zero-order valence-electron chi connectivity index (χ0n) is 6.55. The first-order valence-corrected chi connectivity index (χ1v) is 3.42. The van der Waals surface area contributed by atoms with Gasteiger partial charge < -0.3 is 5.21 Å². The van der Waals surface area contributed by atoms with Gasteiger partial charge in [-0.3, -0.25) is 0 Å². The second-order valence-corrected chi connectivity index (χ2v) is 2.47. The fourth-order valence-electron chi connectivity index (χ4n) is 0.864. The number of aromatic nitrogens is 1. The minimum Gasteiger partial charge on any atom is -0.618 e. The smallest absolute Gasteiger partial charge is 0.430 e. The van der Waals surface area contributed by atoms with Gasteiger partial charge in [-0.1, -0.05) is 0 Å². The summed E-state index contributed by atoms with van der Waals surface area (Å²) in [5.74, 6) is -1.52. The third-order valence-corrected chi connectivity index (χ3v) is 1.47. The number of pyridine rings is 1. The Morgan fingerprint density at radius 3 is 2.36 bits per heavy atom. The van der Waals surface area contributed by atoms with E-state index in [9.17, 15) is 27.2 Å². The van der Waals surface area contributed by atoms with Crippen molar-refractivity contribution in [3.8, 4) is 0 Å². The summed E-state index contributed by atoms with van der Waals surface area (Å²) in [7, 11) is 0. The molecule has 1 aromatic heterocycles. The van der Waals surface area contributed by atoms with Gasteiger partial charge in [0, 0.05) is 6.07 Å². The van der Waals surface area contributed by atoms with E-state index in [0.717, 1.165) is 6.07 Å². The molecule has 1 rings (SSSR count). The van der Waals surface area contributed by atoms with Crippen LogP contribution in [0.1, 0.15) is 11.9 Å². The van der Waals surface area contributed by atoms with E-state index in [0.29, 0.717) is 12.3 Å². The fraction of sp³-hybridized carbons (Fsp3) is 0.286. The molecule has 1 unspecified atom stereocenters. The Morgan fingerprint density at radius 1 is 1.36 bits per heavy atom. The highest BCUT2D eigenvalue weighted by Gasteiger charge is 2.47. The first-order chi connectivity index (χ1) is 6.34. The van der Waals surface area contributed by atoms with Crippen molar-refractivity contribution in [3.05, 3.63) is 35.0 Å². The number of nitrogens with zero attached hydrogens (tertiary/aromatic N) is 1. The lowest BCUT2D eigenvalue weighted by atomic mass is 10.2. The molecule has 7 heteroatoms. The van der Waals surface area contributed by atoms with Gasteiger partial charge in [-0.15, -0.1) is 0 Å². The third kappa shape index (κ3) is 1.91. The first-order valence-electron chi connectivity index (χ1n) is 3.42. The van der Waals surface area contributed by atoms with Crippen molar-refractivity contribution in [2.24, 2.45) is 0 Å². The fourth-order valence-corrected chi connectivity index (χ4v) is 0.864. The molecule has 0 spiro atoms. The summed E-state index contributed by atoms with van der Waals surface area (Å²) < 4.78 is 60.2.